The molecule has 4 heteroatoms. The van der Waals surface area contributed by atoms with E-state index in [9.17, 15) is 9.18 Å². The molecule has 1 unspecified atom stereocenters. The largest absolute Gasteiger partial charge is 0.349 e. The van der Waals surface area contributed by atoms with E-state index in [4.69, 9.17) is 0 Å². The van der Waals surface area contributed by atoms with Crippen LogP contribution in [0.1, 0.15) is 37.6 Å². The second-order valence-corrected chi connectivity index (χ2v) is 6.17. The fraction of sp³-hybridized carbons (Fsp3) is 0.500. The summed E-state index contributed by atoms with van der Waals surface area (Å²) in [4.78, 5) is 12.0. The van der Waals surface area contributed by atoms with E-state index in [1.807, 2.05) is 0 Å². The van der Waals surface area contributed by atoms with E-state index in [0.717, 1.165) is 11.8 Å². The number of hydrogen-bond acceptors (Lipinski definition) is 1. The van der Waals surface area contributed by atoms with Gasteiger partial charge in [-0.05, 0) is 30.0 Å². The van der Waals surface area contributed by atoms with Crippen molar-refractivity contribution < 1.29 is 9.18 Å². The van der Waals surface area contributed by atoms with Gasteiger partial charge in [-0.15, -0.1) is 0 Å². The molecule has 1 atom stereocenters. The molecule has 0 aliphatic heterocycles. The van der Waals surface area contributed by atoms with Gasteiger partial charge in [-0.3, -0.25) is 4.79 Å². The second kappa shape index (κ2) is 6.32. The lowest BCUT2D eigenvalue weighted by molar-refractivity contribution is 0.0900. The summed E-state index contributed by atoms with van der Waals surface area (Å²) in [5, 5.41) is 3.78. The Morgan fingerprint density at radius 1 is 1.44 bits per heavy atom. The number of carbonyl (C=O) groups excluding carboxylic acids is 1. The van der Waals surface area contributed by atoms with Gasteiger partial charge in [0.2, 0.25) is 0 Å². The molecule has 0 aliphatic rings. The molecule has 0 radical (unpaired) electrons. The molecule has 1 N–H and O–H groups in total. The molecule has 18 heavy (non-hydrogen) atoms. The molecular weight excluding hydrogens is 297 g/mol. The highest BCUT2D eigenvalue weighted by molar-refractivity contribution is 9.09. The predicted molar refractivity (Wildman–Crippen MR) is 75.5 cm³/mol. The molecular formula is C14H19BrFNO. The maximum Gasteiger partial charge on any atom is 0.251 e. The van der Waals surface area contributed by atoms with E-state index < -0.39 is 5.82 Å². The number of alkyl halides is 1. The third-order valence-corrected chi connectivity index (χ3v) is 3.29. The fourth-order valence-corrected chi connectivity index (χ4v) is 2.16. The van der Waals surface area contributed by atoms with Crippen LogP contribution < -0.4 is 5.32 Å². The zero-order valence-electron chi connectivity index (χ0n) is 11.0. The topological polar surface area (TPSA) is 29.1 Å². The minimum absolute atomic E-state index is 0.0310. The van der Waals surface area contributed by atoms with Crippen LogP contribution in [0.2, 0.25) is 0 Å². The normalized spacial score (nSPS) is 13.2. The molecule has 0 spiro atoms. The van der Waals surface area contributed by atoms with E-state index >= 15 is 0 Å². The lowest BCUT2D eigenvalue weighted by Crippen LogP contribution is -2.44. The van der Waals surface area contributed by atoms with Crippen LogP contribution in [-0.4, -0.2) is 17.3 Å². The monoisotopic (exact) mass is 315 g/mol. The van der Waals surface area contributed by atoms with Gasteiger partial charge in [-0.2, -0.15) is 0 Å². The lowest BCUT2D eigenvalue weighted by Gasteiger charge is -2.31. The summed E-state index contributed by atoms with van der Waals surface area (Å²) in [5.41, 5.74) is 0.329. The van der Waals surface area contributed by atoms with Gasteiger partial charge in [-0.1, -0.05) is 42.8 Å². The van der Waals surface area contributed by atoms with Gasteiger partial charge in [0.15, 0.2) is 0 Å². The van der Waals surface area contributed by atoms with Crippen molar-refractivity contribution in [1.29, 1.82) is 0 Å². The molecule has 0 fully saturated rings. The number of halogens is 2. The molecule has 0 heterocycles. The SMILES string of the molecule is CC(C)(C)C(CCBr)NC(=O)c1cccc(F)c1. The fourth-order valence-electron chi connectivity index (χ4n) is 1.70. The molecule has 1 amide bonds. The van der Waals surface area contributed by atoms with Gasteiger partial charge in [0, 0.05) is 16.9 Å². The van der Waals surface area contributed by atoms with Crippen molar-refractivity contribution in [2.45, 2.75) is 33.2 Å². The van der Waals surface area contributed by atoms with E-state index in [0.29, 0.717) is 5.56 Å². The van der Waals surface area contributed by atoms with Crippen LogP contribution in [0, 0.1) is 11.2 Å². The van der Waals surface area contributed by atoms with Gasteiger partial charge >= 0.3 is 0 Å². The minimum Gasteiger partial charge on any atom is -0.349 e. The van der Waals surface area contributed by atoms with E-state index in [-0.39, 0.29) is 17.4 Å². The molecule has 100 valence electrons. The van der Waals surface area contributed by atoms with Crippen LogP contribution in [-0.2, 0) is 0 Å². The average molecular weight is 316 g/mol. The Morgan fingerprint density at radius 2 is 2.11 bits per heavy atom. The average Bonchev–Trinajstić information content (AvgIpc) is 2.27. The Balaban J connectivity index is 2.79. The summed E-state index contributed by atoms with van der Waals surface area (Å²) in [5.74, 6) is -0.620. The van der Waals surface area contributed by atoms with Crippen molar-refractivity contribution in [3.63, 3.8) is 0 Å². The molecule has 0 saturated carbocycles. The van der Waals surface area contributed by atoms with Crippen molar-refractivity contribution >= 4 is 21.8 Å². The number of rotatable bonds is 4. The number of carbonyl (C=O) groups is 1. The minimum atomic E-state index is -0.393. The van der Waals surface area contributed by atoms with Crippen molar-refractivity contribution in [3.8, 4) is 0 Å². The predicted octanol–water partition coefficient (Wildman–Crippen LogP) is 3.76. The number of benzene rings is 1. The van der Waals surface area contributed by atoms with Crippen molar-refractivity contribution in [1.82, 2.24) is 5.32 Å². The highest BCUT2D eigenvalue weighted by atomic mass is 79.9. The van der Waals surface area contributed by atoms with Gasteiger partial charge in [0.05, 0.1) is 0 Å². The summed E-state index contributed by atoms with van der Waals surface area (Å²) in [6, 6.07) is 5.79. The quantitative estimate of drug-likeness (QED) is 0.842. The van der Waals surface area contributed by atoms with E-state index in [2.05, 4.69) is 42.0 Å². The van der Waals surface area contributed by atoms with Crippen LogP contribution in [0.15, 0.2) is 24.3 Å². The zero-order chi connectivity index (χ0) is 13.8. The first-order chi connectivity index (χ1) is 8.34. The summed E-state index contributed by atoms with van der Waals surface area (Å²) < 4.78 is 13.1. The number of nitrogens with one attached hydrogen (secondary N) is 1. The van der Waals surface area contributed by atoms with Crippen molar-refractivity contribution in [2.75, 3.05) is 5.33 Å². The van der Waals surface area contributed by atoms with Crippen molar-refractivity contribution in [3.05, 3.63) is 35.6 Å². The first-order valence-corrected chi connectivity index (χ1v) is 7.09. The summed E-state index contributed by atoms with van der Waals surface area (Å²) in [6.07, 6.45) is 0.838. The molecule has 0 aliphatic carbocycles. The molecule has 1 aromatic carbocycles. The summed E-state index contributed by atoms with van der Waals surface area (Å²) >= 11 is 3.39. The standard InChI is InChI=1S/C14H19BrFNO/c1-14(2,3)12(7-8-15)17-13(18)10-5-4-6-11(16)9-10/h4-6,9,12H,7-8H2,1-3H3,(H,17,18). The third kappa shape index (κ3) is 4.41. The second-order valence-electron chi connectivity index (χ2n) is 5.38. The molecule has 2 nitrogen and oxygen atoms in total. The van der Waals surface area contributed by atoms with Gasteiger partial charge in [0.25, 0.3) is 5.91 Å². The maximum absolute atomic E-state index is 13.1. The molecule has 0 saturated heterocycles. The first-order valence-electron chi connectivity index (χ1n) is 5.97. The Bertz CT molecular complexity index is 415. The van der Waals surface area contributed by atoms with Gasteiger partial charge in [-0.25, -0.2) is 4.39 Å². The Hall–Kier alpha value is -0.900. The molecule has 1 aromatic rings. The zero-order valence-corrected chi connectivity index (χ0v) is 12.6. The Labute approximate surface area is 116 Å². The summed E-state index contributed by atoms with van der Waals surface area (Å²) in [6.45, 7) is 6.23. The molecule has 0 bridgehead atoms. The Kier molecular flexibility index (Phi) is 5.32. The Morgan fingerprint density at radius 3 is 2.61 bits per heavy atom. The van der Waals surface area contributed by atoms with Crippen LogP contribution in [0.5, 0.6) is 0 Å². The lowest BCUT2D eigenvalue weighted by atomic mass is 9.85. The molecule has 1 rings (SSSR count). The van der Waals surface area contributed by atoms with Crippen LogP contribution in [0.4, 0.5) is 4.39 Å². The third-order valence-electron chi connectivity index (χ3n) is 2.84. The van der Waals surface area contributed by atoms with Crippen LogP contribution in [0.25, 0.3) is 0 Å². The highest BCUT2D eigenvalue weighted by Crippen LogP contribution is 2.23. The molecule has 0 aromatic heterocycles. The van der Waals surface area contributed by atoms with Crippen LogP contribution in [0.3, 0.4) is 0 Å². The first kappa shape index (κ1) is 15.2. The summed E-state index contributed by atoms with van der Waals surface area (Å²) in [7, 11) is 0. The van der Waals surface area contributed by atoms with E-state index in [1.54, 1.807) is 12.1 Å². The smallest absolute Gasteiger partial charge is 0.251 e. The van der Waals surface area contributed by atoms with Gasteiger partial charge < -0.3 is 5.32 Å². The number of amides is 1. The van der Waals surface area contributed by atoms with Crippen molar-refractivity contribution in [2.24, 2.45) is 5.41 Å². The van der Waals surface area contributed by atoms with Gasteiger partial charge in [0.1, 0.15) is 5.82 Å². The highest BCUT2D eigenvalue weighted by Gasteiger charge is 2.25. The van der Waals surface area contributed by atoms with E-state index in [1.165, 1.54) is 12.1 Å². The van der Waals surface area contributed by atoms with Crippen LogP contribution >= 0.6 is 15.9 Å². The number of hydrogen-bond donors (Lipinski definition) is 1. The maximum atomic E-state index is 13.1.